The van der Waals surface area contributed by atoms with Gasteiger partial charge in [0.15, 0.2) is 0 Å². The van der Waals surface area contributed by atoms with E-state index < -0.39 is 28.5 Å². The van der Waals surface area contributed by atoms with Gasteiger partial charge in [-0.1, -0.05) is 25.1 Å². The first-order valence-electron chi connectivity index (χ1n) is 10.8. The summed E-state index contributed by atoms with van der Waals surface area (Å²) in [5, 5.41) is 2.59. The van der Waals surface area contributed by atoms with Gasteiger partial charge in [-0.3, -0.25) is 13.9 Å². The summed E-state index contributed by atoms with van der Waals surface area (Å²) in [5.41, 5.74) is 1.84. The zero-order valence-corrected chi connectivity index (χ0v) is 21.3. The van der Waals surface area contributed by atoms with Crippen molar-refractivity contribution in [2.75, 3.05) is 38.4 Å². The van der Waals surface area contributed by atoms with Crippen molar-refractivity contribution < 1.29 is 27.5 Å². The van der Waals surface area contributed by atoms with Crippen molar-refractivity contribution >= 4 is 27.5 Å². The van der Waals surface area contributed by atoms with E-state index in [1.807, 2.05) is 6.92 Å². The van der Waals surface area contributed by atoms with Gasteiger partial charge in [0.1, 0.15) is 24.1 Å². The molecular formula is C24H33N3O6S. The lowest BCUT2D eigenvalue weighted by Gasteiger charge is -2.33. The first kappa shape index (κ1) is 27.0. The topological polar surface area (TPSA) is 105 Å². The number of anilines is 1. The van der Waals surface area contributed by atoms with Crippen molar-refractivity contribution in [3.05, 3.63) is 53.6 Å². The maximum absolute atomic E-state index is 13.6. The Hall–Kier alpha value is -3.27. The summed E-state index contributed by atoms with van der Waals surface area (Å²) in [7, 11) is 0.648. The SMILES string of the molecule is CC[C@H](C(=O)NC)N(Cc1ccc(OC)cc1)C(=O)CN(c1cc(C)ccc1OC)S(C)(=O)=O. The molecule has 0 aliphatic carbocycles. The number of carbonyl (C=O) groups is 2. The van der Waals surface area contributed by atoms with E-state index in [9.17, 15) is 18.0 Å². The van der Waals surface area contributed by atoms with E-state index >= 15 is 0 Å². The highest BCUT2D eigenvalue weighted by Gasteiger charge is 2.32. The van der Waals surface area contributed by atoms with Crippen LogP contribution in [0, 0.1) is 6.92 Å². The highest BCUT2D eigenvalue weighted by Crippen LogP contribution is 2.31. The average molecular weight is 492 g/mol. The summed E-state index contributed by atoms with van der Waals surface area (Å²) >= 11 is 0. The Bertz CT molecular complexity index is 1100. The number of benzene rings is 2. The molecule has 1 atom stereocenters. The molecule has 2 aromatic carbocycles. The summed E-state index contributed by atoms with van der Waals surface area (Å²) in [4.78, 5) is 27.6. The van der Waals surface area contributed by atoms with Crippen LogP contribution in [-0.2, 0) is 26.2 Å². The zero-order valence-electron chi connectivity index (χ0n) is 20.5. The molecule has 0 aliphatic rings. The smallest absolute Gasteiger partial charge is 0.244 e. The lowest BCUT2D eigenvalue weighted by atomic mass is 10.1. The quantitative estimate of drug-likeness (QED) is 0.517. The summed E-state index contributed by atoms with van der Waals surface area (Å²) in [6.07, 6.45) is 1.39. The number of likely N-dealkylation sites (N-methyl/N-ethyl adjacent to an activating group) is 1. The molecule has 0 saturated heterocycles. The third-order valence-electron chi connectivity index (χ3n) is 5.43. The highest BCUT2D eigenvalue weighted by molar-refractivity contribution is 7.92. The van der Waals surface area contributed by atoms with Gasteiger partial charge in [-0.25, -0.2) is 8.42 Å². The van der Waals surface area contributed by atoms with E-state index in [2.05, 4.69) is 5.32 Å². The minimum absolute atomic E-state index is 0.122. The molecule has 0 fully saturated rings. The second-order valence-electron chi connectivity index (χ2n) is 7.85. The van der Waals surface area contributed by atoms with Crippen molar-refractivity contribution in [2.24, 2.45) is 0 Å². The first-order valence-corrected chi connectivity index (χ1v) is 12.7. The second-order valence-corrected chi connectivity index (χ2v) is 9.76. The molecule has 0 aromatic heterocycles. The van der Waals surface area contributed by atoms with Gasteiger partial charge in [-0.2, -0.15) is 0 Å². The van der Waals surface area contributed by atoms with Gasteiger partial charge in [0, 0.05) is 13.6 Å². The molecule has 2 aromatic rings. The van der Waals surface area contributed by atoms with Gasteiger partial charge in [0.2, 0.25) is 21.8 Å². The lowest BCUT2D eigenvalue weighted by Crippen LogP contribution is -2.51. The predicted octanol–water partition coefficient (Wildman–Crippen LogP) is 2.33. The summed E-state index contributed by atoms with van der Waals surface area (Å²) < 4.78 is 37.0. The van der Waals surface area contributed by atoms with Gasteiger partial charge in [-0.05, 0) is 48.7 Å². The van der Waals surface area contributed by atoms with Crippen LogP contribution in [0.15, 0.2) is 42.5 Å². The Morgan fingerprint density at radius 1 is 1.06 bits per heavy atom. The summed E-state index contributed by atoms with van der Waals surface area (Å²) in [6.45, 7) is 3.26. The third kappa shape index (κ3) is 6.63. The van der Waals surface area contributed by atoms with Crippen LogP contribution < -0.4 is 19.1 Å². The maximum atomic E-state index is 13.6. The minimum atomic E-state index is -3.85. The Balaban J connectivity index is 2.48. The number of nitrogens with one attached hydrogen (secondary N) is 1. The Morgan fingerprint density at radius 2 is 1.71 bits per heavy atom. The van der Waals surface area contributed by atoms with Crippen molar-refractivity contribution in [1.29, 1.82) is 0 Å². The third-order valence-corrected chi connectivity index (χ3v) is 6.55. The molecule has 0 heterocycles. The highest BCUT2D eigenvalue weighted by atomic mass is 32.2. The molecule has 9 nitrogen and oxygen atoms in total. The molecule has 0 unspecified atom stereocenters. The van der Waals surface area contributed by atoms with E-state index in [0.29, 0.717) is 17.9 Å². The van der Waals surface area contributed by atoms with Crippen molar-refractivity contribution in [2.45, 2.75) is 32.9 Å². The number of rotatable bonds is 11. The number of hydrogen-bond donors (Lipinski definition) is 1. The molecule has 0 aliphatic heterocycles. The molecular weight excluding hydrogens is 458 g/mol. The average Bonchev–Trinajstić information content (AvgIpc) is 2.81. The van der Waals surface area contributed by atoms with Gasteiger partial charge in [-0.15, -0.1) is 0 Å². The van der Waals surface area contributed by atoms with Gasteiger partial charge in [0.25, 0.3) is 0 Å². The summed E-state index contributed by atoms with van der Waals surface area (Å²) in [5.74, 6) is 0.141. The van der Waals surface area contributed by atoms with E-state index in [4.69, 9.17) is 9.47 Å². The van der Waals surface area contributed by atoms with Crippen LogP contribution in [0.4, 0.5) is 5.69 Å². The molecule has 0 spiro atoms. The standard InChI is InChI=1S/C24H33N3O6S/c1-7-20(24(29)25-3)26(15-18-9-11-19(32-4)12-10-18)23(28)16-27(34(6,30)31)21-14-17(2)8-13-22(21)33-5/h8-14,20H,7,15-16H2,1-6H3,(H,25,29)/t20-/m1/s1. The molecule has 0 radical (unpaired) electrons. The van der Waals surface area contributed by atoms with Crippen molar-refractivity contribution in [3.63, 3.8) is 0 Å². The lowest BCUT2D eigenvalue weighted by molar-refractivity contribution is -0.140. The van der Waals surface area contributed by atoms with Gasteiger partial charge >= 0.3 is 0 Å². The number of sulfonamides is 1. The molecule has 186 valence electrons. The fourth-order valence-electron chi connectivity index (χ4n) is 3.60. The van der Waals surface area contributed by atoms with Crippen LogP contribution in [0.3, 0.4) is 0 Å². The largest absolute Gasteiger partial charge is 0.497 e. The van der Waals surface area contributed by atoms with Crippen LogP contribution in [0.5, 0.6) is 11.5 Å². The minimum Gasteiger partial charge on any atom is -0.497 e. The van der Waals surface area contributed by atoms with E-state index in [1.54, 1.807) is 56.5 Å². The van der Waals surface area contributed by atoms with E-state index in [1.165, 1.54) is 19.1 Å². The van der Waals surface area contributed by atoms with Gasteiger partial charge in [0.05, 0.1) is 26.2 Å². The van der Waals surface area contributed by atoms with E-state index in [-0.39, 0.29) is 18.1 Å². The van der Waals surface area contributed by atoms with Gasteiger partial charge < -0.3 is 19.7 Å². The van der Waals surface area contributed by atoms with Crippen LogP contribution >= 0.6 is 0 Å². The number of ether oxygens (including phenoxy) is 2. The van der Waals surface area contributed by atoms with E-state index in [0.717, 1.165) is 21.7 Å². The molecule has 0 bridgehead atoms. The van der Waals surface area contributed by atoms with Crippen molar-refractivity contribution in [1.82, 2.24) is 10.2 Å². The van der Waals surface area contributed by atoms with Crippen LogP contribution in [0.1, 0.15) is 24.5 Å². The Labute approximate surface area is 201 Å². The molecule has 2 rings (SSSR count). The van der Waals surface area contributed by atoms with Crippen LogP contribution in [0.2, 0.25) is 0 Å². The van der Waals surface area contributed by atoms with Crippen molar-refractivity contribution in [3.8, 4) is 11.5 Å². The molecule has 1 N–H and O–H groups in total. The molecule has 0 saturated carbocycles. The Morgan fingerprint density at radius 3 is 2.21 bits per heavy atom. The summed E-state index contributed by atoms with van der Waals surface area (Å²) in [6, 6.07) is 11.4. The number of nitrogens with zero attached hydrogens (tertiary/aromatic N) is 2. The number of amides is 2. The maximum Gasteiger partial charge on any atom is 0.244 e. The predicted molar refractivity (Wildman–Crippen MR) is 132 cm³/mol. The first-order chi connectivity index (χ1) is 16.0. The fourth-order valence-corrected chi connectivity index (χ4v) is 4.45. The second kappa shape index (κ2) is 11.7. The number of hydrogen-bond acceptors (Lipinski definition) is 6. The van der Waals surface area contributed by atoms with Crippen LogP contribution in [0.25, 0.3) is 0 Å². The normalized spacial score (nSPS) is 11.9. The number of carbonyl (C=O) groups excluding carboxylic acids is 2. The number of aryl methyl sites for hydroxylation is 1. The zero-order chi connectivity index (χ0) is 25.5. The molecule has 10 heteroatoms. The van der Waals surface area contributed by atoms with Crippen LogP contribution in [-0.4, -0.2) is 65.2 Å². The molecule has 2 amide bonds. The monoisotopic (exact) mass is 491 g/mol. The Kier molecular flexibility index (Phi) is 9.31. The number of methoxy groups -OCH3 is 2. The molecule has 34 heavy (non-hydrogen) atoms. The fraction of sp³-hybridized carbons (Fsp3) is 0.417.